The molecule has 1 aliphatic heterocycles. The fourth-order valence-electron chi connectivity index (χ4n) is 2.62. The molecule has 2 aromatic rings. The van der Waals surface area contributed by atoms with E-state index in [9.17, 15) is 9.59 Å². The maximum Gasteiger partial charge on any atom is 0.416 e. The van der Waals surface area contributed by atoms with E-state index in [1.807, 2.05) is 6.07 Å². The summed E-state index contributed by atoms with van der Waals surface area (Å²) in [6.45, 7) is 0.607. The Morgan fingerprint density at radius 1 is 1.42 bits per heavy atom. The summed E-state index contributed by atoms with van der Waals surface area (Å²) in [5, 5.41) is 11.4. The van der Waals surface area contributed by atoms with Gasteiger partial charge in [0.05, 0.1) is 12.3 Å². The van der Waals surface area contributed by atoms with Crippen LogP contribution in [0, 0.1) is 0 Å². The van der Waals surface area contributed by atoms with E-state index >= 15 is 0 Å². The molecule has 0 atom stereocenters. The lowest BCUT2D eigenvalue weighted by Gasteiger charge is -2.11. The third-order valence-electron chi connectivity index (χ3n) is 3.95. The van der Waals surface area contributed by atoms with Gasteiger partial charge in [0.1, 0.15) is 12.4 Å². The smallest absolute Gasteiger partial charge is 0.416 e. The molecule has 24 heavy (non-hydrogen) atoms. The van der Waals surface area contributed by atoms with Crippen LogP contribution in [-0.2, 0) is 16.0 Å². The number of imide groups is 1. The van der Waals surface area contributed by atoms with Gasteiger partial charge in [0.2, 0.25) is 5.91 Å². The van der Waals surface area contributed by atoms with Gasteiger partial charge in [-0.25, -0.2) is 9.69 Å². The summed E-state index contributed by atoms with van der Waals surface area (Å²) in [6, 6.07) is 4.55. The van der Waals surface area contributed by atoms with Gasteiger partial charge < -0.3 is 9.30 Å². The SMILES string of the molecule is O=C(CSc1nnc(Cc2cccs2)n1C1CC1)N1CCOC1=O. The standard InChI is InChI=1S/C15H16N4O3S2/c20-13(18-5-6-22-15(18)21)9-24-14-17-16-12(19(14)10-3-4-10)8-11-2-1-7-23-11/h1-2,7,10H,3-6,8-9H2. The fraction of sp³-hybridized carbons (Fsp3) is 0.467. The molecule has 2 aliphatic rings. The molecule has 2 aromatic heterocycles. The molecule has 126 valence electrons. The molecule has 2 amide bonds. The topological polar surface area (TPSA) is 77.3 Å². The number of carbonyl (C=O) groups is 2. The lowest BCUT2D eigenvalue weighted by molar-refractivity contribution is -0.125. The molecular weight excluding hydrogens is 348 g/mol. The van der Waals surface area contributed by atoms with Crippen LogP contribution in [0.2, 0.25) is 0 Å². The maximum atomic E-state index is 12.1. The molecule has 2 fully saturated rings. The molecule has 1 saturated carbocycles. The Hall–Kier alpha value is -1.87. The van der Waals surface area contributed by atoms with Crippen molar-refractivity contribution in [2.75, 3.05) is 18.9 Å². The van der Waals surface area contributed by atoms with Gasteiger partial charge in [-0.05, 0) is 24.3 Å². The summed E-state index contributed by atoms with van der Waals surface area (Å²) in [5.41, 5.74) is 0. The minimum absolute atomic E-state index is 0.166. The van der Waals surface area contributed by atoms with Gasteiger partial charge in [-0.2, -0.15) is 0 Å². The number of carbonyl (C=O) groups excluding carboxylic acids is 2. The molecule has 0 radical (unpaired) electrons. The number of rotatable bonds is 6. The Kier molecular flexibility index (Phi) is 4.28. The number of ether oxygens (including phenoxy) is 1. The van der Waals surface area contributed by atoms with Gasteiger partial charge in [-0.1, -0.05) is 17.8 Å². The average molecular weight is 364 g/mol. The first-order valence-corrected chi connectivity index (χ1v) is 9.65. The monoisotopic (exact) mass is 364 g/mol. The van der Waals surface area contributed by atoms with Crippen LogP contribution in [0.3, 0.4) is 0 Å². The average Bonchev–Trinajstić information content (AvgIpc) is 2.98. The Morgan fingerprint density at radius 2 is 2.29 bits per heavy atom. The molecule has 9 heteroatoms. The highest BCUT2D eigenvalue weighted by Crippen LogP contribution is 2.39. The molecule has 0 N–H and O–H groups in total. The van der Waals surface area contributed by atoms with Crippen LogP contribution in [0.1, 0.15) is 29.6 Å². The van der Waals surface area contributed by atoms with Crippen molar-refractivity contribution in [3.05, 3.63) is 28.2 Å². The lowest BCUT2D eigenvalue weighted by atomic mass is 10.3. The molecule has 0 unspecified atom stereocenters. The first-order chi connectivity index (χ1) is 11.7. The number of aromatic nitrogens is 3. The molecular formula is C15H16N4O3S2. The summed E-state index contributed by atoms with van der Waals surface area (Å²) in [7, 11) is 0. The molecule has 4 rings (SSSR count). The highest BCUT2D eigenvalue weighted by Gasteiger charge is 2.32. The molecule has 1 aliphatic carbocycles. The molecule has 0 spiro atoms. The van der Waals surface area contributed by atoms with Crippen LogP contribution in [0.15, 0.2) is 22.7 Å². The number of cyclic esters (lactones) is 1. The number of thioether (sulfide) groups is 1. The normalized spacial score (nSPS) is 17.3. The number of hydrogen-bond acceptors (Lipinski definition) is 7. The van der Waals surface area contributed by atoms with E-state index in [2.05, 4.69) is 26.2 Å². The zero-order chi connectivity index (χ0) is 16.5. The Balaban J connectivity index is 1.46. The van der Waals surface area contributed by atoms with E-state index in [4.69, 9.17) is 4.74 Å². The van der Waals surface area contributed by atoms with Crippen molar-refractivity contribution in [2.45, 2.75) is 30.5 Å². The van der Waals surface area contributed by atoms with E-state index in [0.29, 0.717) is 12.6 Å². The Bertz CT molecular complexity index is 755. The van der Waals surface area contributed by atoms with Gasteiger partial charge in [0.25, 0.3) is 0 Å². The van der Waals surface area contributed by atoms with Crippen LogP contribution >= 0.6 is 23.1 Å². The van der Waals surface area contributed by atoms with Gasteiger partial charge >= 0.3 is 6.09 Å². The van der Waals surface area contributed by atoms with E-state index in [-0.39, 0.29) is 18.3 Å². The van der Waals surface area contributed by atoms with E-state index in [0.717, 1.165) is 35.1 Å². The zero-order valence-electron chi connectivity index (χ0n) is 12.9. The number of thiophene rings is 1. The van der Waals surface area contributed by atoms with Crippen molar-refractivity contribution in [2.24, 2.45) is 0 Å². The van der Waals surface area contributed by atoms with Crippen molar-refractivity contribution >= 4 is 35.1 Å². The summed E-state index contributed by atoms with van der Waals surface area (Å²) < 4.78 is 6.95. The second-order valence-electron chi connectivity index (χ2n) is 5.70. The lowest BCUT2D eigenvalue weighted by Crippen LogP contribution is -2.33. The number of amides is 2. The first-order valence-electron chi connectivity index (χ1n) is 7.78. The minimum Gasteiger partial charge on any atom is -0.447 e. The van der Waals surface area contributed by atoms with Gasteiger partial charge in [-0.3, -0.25) is 4.79 Å². The first kappa shape index (κ1) is 15.6. The van der Waals surface area contributed by atoms with Gasteiger partial charge in [0.15, 0.2) is 5.16 Å². The van der Waals surface area contributed by atoms with Crippen molar-refractivity contribution in [3.63, 3.8) is 0 Å². The van der Waals surface area contributed by atoms with Gasteiger partial charge in [0, 0.05) is 17.3 Å². The van der Waals surface area contributed by atoms with Crippen LogP contribution in [0.5, 0.6) is 0 Å². The van der Waals surface area contributed by atoms with Crippen LogP contribution < -0.4 is 0 Å². The van der Waals surface area contributed by atoms with Crippen molar-refractivity contribution in [3.8, 4) is 0 Å². The van der Waals surface area contributed by atoms with Crippen molar-refractivity contribution in [1.29, 1.82) is 0 Å². The number of nitrogens with zero attached hydrogens (tertiary/aromatic N) is 4. The second kappa shape index (κ2) is 6.56. The summed E-state index contributed by atoms with van der Waals surface area (Å²) in [5.74, 6) is 0.863. The molecule has 3 heterocycles. The number of hydrogen-bond donors (Lipinski definition) is 0. The van der Waals surface area contributed by atoms with E-state index in [1.54, 1.807) is 11.3 Å². The highest BCUT2D eigenvalue weighted by atomic mass is 32.2. The summed E-state index contributed by atoms with van der Waals surface area (Å²) in [4.78, 5) is 26.0. The van der Waals surface area contributed by atoms with E-state index < -0.39 is 6.09 Å². The molecule has 0 aromatic carbocycles. The summed E-state index contributed by atoms with van der Waals surface area (Å²) >= 11 is 3.04. The zero-order valence-corrected chi connectivity index (χ0v) is 14.5. The van der Waals surface area contributed by atoms with Gasteiger partial charge in [-0.15, -0.1) is 21.5 Å². The minimum atomic E-state index is -0.553. The Labute approximate surface area is 147 Å². The predicted octanol–water partition coefficient (Wildman–Crippen LogP) is 2.34. The maximum absolute atomic E-state index is 12.1. The molecule has 7 nitrogen and oxygen atoms in total. The third kappa shape index (κ3) is 3.18. The third-order valence-corrected chi connectivity index (χ3v) is 5.75. The fourth-order valence-corrected chi connectivity index (χ4v) is 4.22. The highest BCUT2D eigenvalue weighted by molar-refractivity contribution is 7.99. The quantitative estimate of drug-likeness (QED) is 0.732. The van der Waals surface area contributed by atoms with Crippen LogP contribution in [0.4, 0.5) is 4.79 Å². The molecule has 1 saturated heterocycles. The van der Waals surface area contributed by atoms with Crippen LogP contribution in [0.25, 0.3) is 0 Å². The second-order valence-corrected chi connectivity index (χ2v) is 7.68. The van der Waals surface area contributed by atoms with E-state index in [1.165, 1.54) is 16.6 Å². The van der Waals surface area contributed by atoms with Crippen LogP contribution in [-0.4, -0.2) is 50.6 Å². The molecule has 0 bridgehead atoms. The Morgan fingerprint density at radius 3 is 2.96 bits per heavy atom. The largest absolute Gasteiger partial charge is 0.447 e. The predicted molar refractivity (Wildman–Crippen MR) is 89.2 cm³/mol. The van der Waals surface area contributed by atoms with Crippen molar-refractivity contribution in [1.82, 2.24) is 19.7 Å². The van der Waals surface area contributed by atoms with Crippen molar-refractivity contribution < 1.29 is 14.3 Å². The summed E-state index contributed by atoms with van der Waals surface area (Å²) in [6.07, 6.45) is 2.45.